The second-order valence-electron chi connectivity index (χ2n) is 8.40. The molecule has 0 amide bonds. The molecule has 0 aromatic rings. The fraction of sp³-hybridized carbons (Fsp3) is 0.522. The molecule has 2 saturated carbocycles. The molecule has 28 heavy (non-hydrogen) atoms. The van der Waals surface area contributed by atoms with Crippen LogP contribution in [0.25, 0.3) is 0 Å². The molecule has 154 valence electrons. The number of rotatable bonds is 5. The molecule has 0 spiro atoms. The van der Waals surface area contributed by atoms with Crippen LogP contribution in [0.15, 0.2) is 4.99 Å². The third-order valence-corrected chi connectivity index (χ3v) is 12.4. The maximum absolute atomic E-state index is 6.05. The molecule has 1 heterocycles. The number of hydrogen-bond acceptors (Lipinski definition) is 2. The monoisotopic (exact) mass is 551 g/mol. The van der Waals surface area contributed by atoms with Gasteiger partial charge in [-0.1, -0.05) is 82.3 Å². The van der Waals surface area contributed by atoms with E-state index in [-0.39, 0.29) is 28.5 Å². The van der Waals surface area contributed by atoms with Crippen LogP contribution in [-0.4, -0.2) is 26.6 Å². The Balaban J connectivity index is 0.000000567. The van der Waals surface area contributed by atoms with Crippen LogP contribution >= 0.6 is 22.6 Å². The zero-order valence-electron chi connectivity index (χ0n) is 18.0. The summed E-state index contributed by atoms with van der Waals surface area (Å²) in [5.74, 6) is 2.21. The molecular weight excluding hydrogens is 517 g/mol. The van der Waals surface area contributed by atoms with Crippen LogP contribution in [0.5, 0.6) is 0 Å². The van der Waals surface area contributed by atoms with Crippen molar-refractivity contribution in [3.8, 4) is 0 Å². The summed E-state index contributed by atoms with van der Waals surface area (Å²) in [5, 5.41) is 0. The smallest absolute Gasteiger partial charge is 0.478 e. The number of nitrogens with zero attached hydrogens (tertiary/aromatic N) is 1. The first-order valence-corrected chi connectivity index (χ1v) is 13.8. The van der Waals surface area contributed by atoms with E-state index in [2.05, 4.69) is 77.0 Å². The minimum atomic E-state index is -1.42. The zero-order chi connectivity index (χ0) is 20.1. The maximum atomic E-state index is 6.05. The van der Waals surface area contributed by atoms with Crippen molar-refractivity contribution in [3.63, 3.8) is 0 Å². The minimum Gasteiger partial charge on any atom is -0.478 e. The first kappa shape index (κ1) is 27.0. The van der Waals surface area contributed by atoms with Crippen molar-refractivity contribution in [1.29, 1.82) is 0 Å². The van der Waals surface area contributed by atoms with Crippen molar-refractivity contribution in [1.82, 2.24) is 0 Å². The van der Waals surface area contributed by atoms with Gasteiger partial charge in [-0.15, -0.1) is 0 Å². The third kappa shape index (κ3) is 6.47. The molecule has 3 rings (SSSR count). The van der Waals surface area contributed by atoms with E-state index in [1.165, 1.54) is 28.0 Å². The van der Waals surface area contributed by atoms with Gasteiger partial charge in [0, 0.05) is 0 Å². The largest absolute Gasteiger partial charge is 2.00 e. The van der Waals surface area contributed by atoms with Crippen LogP contribution < -0.4 is 0 Å². The Morgan fingerprint density at radius 3 is 1.89 bits per heavy atom. The standard InChI is InChI=1S/C18H29INOSi.C5H5.Fe/c1-7-22(8-2,9-3)14-11-10-13(19)16(14)17-20-15(12-21-17)18(4,5)6;1-2-4-5-3-1;/h10-11,15H,7-9,12H2,1-6H3;1-5H;/q;;+2/t15-;;/m1../s1. The van der Waals surface area contributed by atoms with E-state index in [0.717, 1.165) is 12.5 Å². The minimum absolute atomic E-state index is 0. The van der Waals surface area contributed by atoms with Gasteiger partial charge in [0.1, 0.15) is 6.61 Å². The predicted octanol–water partition coefficient (Wildman–Crippen LogP) is 6.43. The number of ether oxygens (including phenoxy) is 1. The van der Waals surface area contributed by atoms with Crippen LogP contribution in [0, 0.1) is 65.7 Å². The number of hydrogen-bond donors (Lipinski definition) is 0. The molecule has 1 atom stereocenters. The summed E-state index contributed by atoms with van der Waals surface area (Å²) in [6.07, 6.45) is 14.6. The maximum Gasteiger partial charge on any atom is 2.00 e. The van der Waals surface area contributed by atoms with Crippen molar-refractivity contribution in [2.45, 2.75) is 65.7 Å². The van der Waals surface area contributed by atoms with Crippen LogP contribution in [0.2, 0.25) is 18.1 Å². The van der Waals surface area contributed by atoms with Gasteiger partial charge in [-0.3, -0.25) is 0 Å². The number of aliphatic imine (C=N–C) groups is 1. The van der Waals surface area contributed by atoms with Crippen molar-refractivity contribution in [2.24, 2.45) is 10.4 Å². The van der Waals surface area contributed by atoms with E-state index in [9.17, 15) is 0 Å². The predicted molar refractivity (Wildman–Crippen MR) is 128 cm³/mol. The van der Waals surface area contributed by atoms with E-state index < -0.39 is 8.07 Å². The van der Waals surface area contributed by atoms with Crippen LogP contribution in [-0.2, 0) is 21.8 Å². The molecule has 0 N–H and O–H groups in total. The molecule has 2 fully saturated rings. The van der Waals surface area contributed by atoms with Gasteiger partial charge in [-0.25, -0.2) is 4.99 Å². The van der Waals surface area contributed by atoms with Gasteiger partial charge < -0.3 is 4.74 Å². The Bertz CT molecular complexity index is 470. The van der Waals surface area contributed by atoms with Gasteiger partial charge in [0.05, 0.1) is 24.0 Å². The Morgan fingerprint density at radius 1 is 1.00 bits per heavy atom. The zero-order valence-corrected chi connectivity index (χ0v) is 22.3. The van der Waals surface area contributed by atoms with E-state index in [1.54, 1.807) is 5.54 Å². The van der Waals surface area contributed by atoms with Gasteiger partial charge in [0.2, 0.25) is 0 Å². The molecule has 0 unspecified atom stereocenters. The molecule has 0 saturated heterocycles. The van der Waals surface area contributed by atoms with Crippen molar-refractivity contribution < 1.29 is 21.8 Å². The first-order chi connectivity index (χ1) is 12.8. The number of halogens is 1. The van der Waals surface area contributed by atoms with Crippen molar-refractivity contribution in [3.05, 3.63) is 60.3 Å². The summed E-state index contributed by atoms with van der Waals surface area (Å²) in [4.78, 5) is 4.95. The fourth-order valence-electron chi connectivity index (χ4n) is 3.71. The molecule has 10 radical (unpaired) electrons. The average molecular weight is 551 g/mol. The molecule has 2 nitrogen and oxygen atoms in total. The molecule has 1 aliphatic heterocycles. The Hall–Kier alpha value is 0.936. The Labute approximate surface area is 200 Å². The van der Waals surface area contributed by atoms with Gasteiger partial charge in [0.15, 0.2) is 5.90 Å². The SMILES string of the molecule is CC[Si](CC)(CC)[C]1[CH][CH][C](I)[C]1C1=N[C@@H](C(C)(C)C)CO1.[CH]1[CH][CH][CH][CH]1.[Fe+2]. The van der Waals surface area contributed by atoms with Gasteiger partial charge in [-0.2, -0.15) is 0 Å². The summed E-state index contributed by atoms with van der Waals surface area (Å²) in [6.45, 7) is 14.5. The third-order valence-electron chi connectivity index (χ3n) is 5.93. The van der Waals surface area contributed by atoms with Crippen LogP contribution in [0.1, 0.15) is 41.5 Å². The van der Waals surface area contributed by atoms with Gasteiger partial charge in [0.25, 0.3) is 0 Å². The molecule has 0 aromatic carbocycles. The second kappa shape index (κ2) is 12.1. The van der Waals surface area contributed by atoms with Crippen LogP contribution in [0.4, 0.5) is 0 Å². The summed E-state index contributed by atoms with van der Waals surface area (Å²) in [6, 6.07) is 4.15. The molecule has 2 aliphatic carbocycles. The summed E-state index contributed by atoms with van der Waals surface area (Å²) < 4.78 is 7.35. The van der Waals surface area contributed by atoms with Crippen molar-refractivity contribution >= 4 is 36.6 Å². The Kier molecular flexibility index (Phi) is 11.7. The van der Waals surface area contributed by atoms with E-state index in [1.807, 2.05) is 32.1 Å². The fourth-order valence-corrected chi connectivity index (χ4v) is 8.51. The molecular formula is C23H34FeINOSi+2. The summed E-state index contributed by atoms with van der Waals surface area (Å²) in [7, 11) is -1.42. The van der Waals surface area contributed by atoms with Gasteiger partial charge in [-0.05, 0) is 55.9 Å². The topological polar surface area (TPSA) is 21.6 Å². The molecule has 0 bridgehead atoms. The van der Waals surface area contributed by atoms with Gasteiger partial charge >= 0.3 is 17.1 Å². The first-order valence-electron chi connectivity index (χ1n) is 10.1. The Morgan fingerprint density at radius 2 is 1.50 bits per heavy atom. The quantitative estimate of drug-likeness (QED) is 0.285. The van der Waals surface area contributed by atoms with E-state index in [4.69, 9.17) is 9.73 Å². The molecule has 0 aromatic heterocycles. The molecule has 5 heteroatoms. The van der Waals surface area contributed by atoms with E-state index >= 15 is 0 Å². The summed E-state index contributed by atoms with van der Waals surface area (Å²) >= 11 is 2.45. The molecule has 3 aliphatic rings. The van der Waals surface area contributed by atoms with E-state index in [0.29, 0.717) is 0 Å². The average Bonchev–Trinajstić information content (AvgIpc) is 3.39. The van der Waals surface area contributed by atoms with Crippen LogP contribution in [0.3, 0.4) is 0 Å². The summed E-state index contributed by atoms with van der Waals surface area (Å²) in [5.41, 5.74) is 1.73. The second-order valence-corrected chi connectivity index (χ2v) is 14.8. The van der Waals surface area contributed by atoms with Crippen molar-refractivity contribution in [2.75, 3.05) is 6.61 Å². The normalized spacial score (nSPS) is 24.4.